The van der Waals surface area contributed by atoms with E-state index < -0.39 is 0 Å². The summed E-state index contributed by atoms with van der Waals surface area (Å²) in [7, 11) is 0. The third-order valence-corrected chi connectivity index (χ3v) is 4.89. The van der Waals surface area contributed by atoms with Gasteiger partial charge >= 0.3 is 0 Å². The average molecular weight is 370 g/mol. The van der Waals surface area contributed by atoms with Crippen LogP contribution in [0.25, 0.3) is 0 Å². The average Bonchev–Trinajstić information content (AvgIpc) is 3.10. The molecule has 0 spiro atoms. The Kier molecular flexibility index (Phi) is 8.19. The fourth-order valence-electron chi connectivity index (χ4n) is 3.43. The quantitative estimate of drug-likeness (QED) is 0.789. The standard InChI is InChI=1S/C23H27NO.ClH/c1-2-4-19-6-8-20(9-7-19)10-11-21-12-14-22(15-13-21)17-24-16-3-5-23(24)18-25;/h6-9,12-15,23,25H,2-5,16-18H2,1H3;1H/t23-;/m1./s1. The fraction of sp³-hybridized carbons (Fsp3) is 0.391. The molecule has 0 aliphatic carbocycles. The van der Waals surface area contributed by atoms with E-state index in [9.17, 15) is 5.11 Å². The number of aliphatic hydroxyl groups excluding tert-OH is 1. The molecule has 1 aliphatic rings. The number of nitrogens with zero attached hydrogens (tertiary/aromatic N) is 1. The summed E-state index contributed by atoms with van der Waals surface area (Å²) in [6.45, 7) is 4.46. The van der Waals surface area contributed by atoms with Crippen LogP contribution in [0.15, 0.2) is 48.5 Å². The van der Waals surface area contributed by atoms with Crippen molar-refractivity contribution in [3.8, 4) is 11.8 Å². The van der Waals surface area contributed by atoms with Gasteiger partial charge in [-0.3, -0.25) is 4.90 Å². The predicted octanol–water partition coefficient (Wildman–Crippen LogP) is 4.42. The molecule has 1 heterocycles. The van der Waals surface area contributed by atoms with Crippen molar-refractivity contribution in [2.45, 2.75) is 45.2 Å². The van der Waals surface area contributed by atoms with Gasteiger partial charge in [0.1, 0.15) is 0 Å². The number of benzene rings is 2. The van der Waals surface area contributed by atoms with Crippen molar-refractivity contribution in [2.24, 2.45) is 0 Å². The third-order valence-electron chi connectivity index (χ3n) is 4.89. The normalized spacial score (nSPS) is 16.6. The number of aliphatic hydroxyl groups is 1. The van der Waals surface area contributed by atoms with E-state index in [1.807, 2.05) is 0 Å². The molecule has 0 radical (unpaired) electrons. The van der Waals surface area contributed by atoms with Crippen molar-refractivity contribution >= 4 is 12.4 Å². The topological polar surface area (TPSA) is 23.5 Å². The van der Waals surface area contributed by atoms with Crippen molar-refractivity contribution in [3.05, 3.63) is 70.8 Å². The van der Waals surface area contributed by atoms with E-state index in [4.69, 9.17) is 0 Å². The van der Waals surface area contributed by atoms with Crippen LogP contribution in [0.4, 0.5) is 0 Å². The van der Waals surface area contributed by atoms with Crippen LogP contribution in [0, 0.1) is 11.8 Å². The van der Waals surface area contributed by atoms with Gasteiger partial charge in [-0.05, 0) is 61.2 Å². The van der Waals surface area contributed by atoms with Gasteiger partial charge in [0.2, 0.25) is 0 Å². The second kappa shape index (κ2) is 10.4. The molecule has 1 atom stereocenters. The Morgan fingerprint density at radius 2 is 1.54 bits per heavy atom. The van der Waals surface area contributed by atoms with Crippen LogP contribution in [0.5, 0.6) is 0 Å². The molecule has 1 aliphatic heterocycles. The summed E-state index contributed by atoms with van der Waals surface area (Å²) in [4.78, 5) is 2.37. The lowest BCUT2D eigenvalue weighted by Gasteiger charge is -2.22. The Morgan fingerprint density at radius 3 is 2.08 bits per heavy atom. The van der Waals surface area contributed by atoms with E-state index in [1.165, 1.54) is 24.0 Å². The van der Waals surface area contributed by atoms with Gasteiger partial charge in [-0.25, -0.2) is 0 Å². The largest absolute Gasteiger partial charge is 0.395 e. The Bertz CT molecular complexity index is 728. The van der Waals surface area contributed by atoms with Gasteiger partial charge in [-0.2, -0.15) is 0 Å². The smallest absolute Gasteiger partial charge is 0.0587 e. The van der Waals surface area contributed by atoms with Crippen molar-refractivity contribution < 1.29 is 5.11 Å². The van der Waals surface area contributed by atoms with Crippen molar-refractivity contribution in [3.63, 3.8) is 0 Å². The molecule has 2 aromatic carbocycles. The number of rotatable bonds is 5. The summed E-state index contributed by atoms with van der Waals surface area (Å²) in [6.07, 6.45) is 4.60. The Labute approximate surface area is 163 Å². The molecular formula is C23H28ClNO. The van der Waals surface area contributed by atoms with Crippen LogP contribution in [-0.4, -0.2) is 29.2 Å². The number of hydrogen-bond acceptors (Lipinski definition) is 2. The van der Waals surface area contributed by atoms with Crippen LogP contribution in [-0.2, 0) is 13.0 Å². The SMILES string of the molecule is CCCc1ccc(C#Cc2ccc(CN3CCC[C@@H]3CO)cc2)cc1.Cl. The Balaban J connectivity index is 0.00000243. The summed E-state index contributed by atoms with van der Waals surface area (Å²) in [5.41, 5.74) is 4.77. The first kappa shape index (κ1) is 20.5. The van der Waals surface area contributed by atoms with Gasteiger partial charge in [0, 0.05) is 23.7 Å². The molecule has 0 bridgehead atoms. The van der Waals surface area contributed by atoms with Crippen LogP contribution >= 0.6 is 12.4 Å². The predicted molar refractivity (Wildman–Crippen MR) is 111 cm³/mol. The van der Waals surface area contributed by atoms with Crippen LogP contribution in [0.1, 0.15) is 48.4 Å². The lowest BCUT2D eigenvalue weighted by atomic mass is 10.1. The third kappa shape index (κ3) is 5.61. The van der Waals surface area contributed by atoms with Gasteiger partial charge < -0.3 is 5.11 Å². The molecule has 2 nitrogen and oxygen atoms in total. The van der Waals surface area contributed by atoms with Gasteiger partial charge in [-0.1, -0.05) is 49.5 Å². The van der Waals surface area contributed by atoms with Crippen LogP contribution in [0.3, 0.4) is 0 Å². The van der Waals surface area contributed by atoms with Gasteiger partial charge in [-0.15, -0.1) is 12.4 Å². The zero-order chi connectivity index (χ0) is 17.5. The van der Waals surface area contributed by atoms with E-state index in [0.29, 0.717) is 6.04 Å². The highest BCUT2D eigenvalue weighted by Gasteiger charge is 2.23. The molecule has 0 aromatic heterocycles. The van der Waals surface area contributed by atoms with Crippen molar-refractivity contribution in [1.29, 1.82) is 0 Å². The Hall–Kier alpha value is -1.79. The first-order chi connectivity index (χ1) is 12.3. The maximum absolute atomic E-state index is 9.42. The van der Waals surface area contributed by atoms with Crippen LogP contribution < -0.4 is 0 Å². The molecule has 1 fully saturated rings. The summed E-state index contributed by atoms with van der Waals surface area (Å²) >= 11 is 0. The van der Waals surface area contributed by atoms with Crippen LogP contribution in [0.2, 0.25) is 0 Å². The number of likely N-dealkylation sites (tertiary alicyclic amines) is 1. The summed E-state index contributed by atoms with van der Waals surface area (Å²) in [5.74, 6) is 6.50. The van der Waals surface area contributed by atoms with E-state index in [1.54, 1.807) is 0 Å². The number of halogens is 1. The molecule has 1 N–H and O–H groups in total. The monoisotopic (exact) mass is 369 g/mol. The first-order valence-electron chi connectivity index (χ1n) is 9.33. The molecule has 0 unspecified atom stereocenters. The van der Waals surface area contributed by atoms with E-state index >= 15 is 0 Å². The molecular weight excluding hydrogens is 342 g/mol. The molecule has 3 rings (SSSR count). The van der Waals surface area contributed by atoms with E-state index in [0.717, 1.165) is 37.1 Å². The maximum atomic E-state index is 9.42. The highest BCUT2D eigenvalue weighted by Crippen LogP contribution is 2.19. The molecule has 0 saturated carbocycles. The molecule has 138 valence electrons. The minimum absolute atomic E-state index is 0. The van der Waals surface area contributed by atoms with Crippen molar-refractivity contribution in [1.82, 2.24) is 4.90 Å². The van der Waals surface area contributed by atoms with Gasteiger partial charge in [0.05, 0.1) is 6.61 Å². The van der Waals surface area contributed by atoms with E-state index in [2.05, 4.69) is 72.2 Å². The molecule has 0 amide bonds. The number of hydrogen-bond donors (Lipinski definition) is 1. The zero-order valence-electron chi connectivity index (χ0n) is 15.4. The number of aryl methyl sites for hydroxylation is 1. The summed E-state index contributed by atoms with van der Waals surface area (Å²) in [5, 5.41) is 9.42. The minimum Gasteiger partial charge on any atom is -0.395 e. The summed E-state index contributed by atoms with van der Waals surface area (Å²) < 4.78 is 0. The van der Waals surface area contributed by atoms with E-state index in [-0.39, 0.29) is 19.0 Å². The summed E-state index contributed by atoms with van der Waals surface area (Å²) in [6, 6.07) is 17.4. The minimum atomic E-state index is 0. The maximum Gasteiger partial charge on any atom is 0.0587 e. The second-order valence-electron chi connectivity index (χ2n) is 6.84. The first-order valence-corrected chi connectivity index (χ1v) is 9.33. The molecule has 2 aromatic rings. The lowest BCUT2D eigenvalue weighted by molar-refractivity contribution is 0.153. The van der Waals surface area contributed by atoms with Gasteiger partial charge in [0.25, 0.3) is 0 Å². The Morgan fingerprint density at radius 1 is 0.962 bits per heavy atom. The zero-order valence-corrected chi connectivity index (χ0v) is 16.3. The molecule has 3 heteroatoms. The molecule has 1 saturated heterocycles. The second-order valence-corrected chi connectivity index (χ2v) is 6.84. The lowest BCUT2D eigenvalue weighted by Crippen LogP contribution is -2.31. The molecule has 26 heavy (non-hydrogen) atoms. The fourth-order valence-corrected chi connectivity index (χ4v) is 3.43. The highest BCUT2D eigenvalue weighted by atomic mass is 35.5. The highest BCUT2D eigenvalue weighted by molar-refractivity contribution is 5.85. The van der Waals surface area contributed by atoms with Crippen molar-refractivity contribution in [2.75, 3.05) is 13.2 Å². The van der Waals surface area contributed by atoms with Gasteiger partial charge in [0.15, 0.2) is 0 Å².